The predicted molar refractivity (Wildman–Crippen MR) is 98.7 cm³/mol. The van der Waals surface area contributed by atoms with Crippen molar-refractivity contribution >= 4 is 29.1 Å². The molecule has 1 amide bonds. The van der Waals surface area contributed by atoms with Gasteiger partial charge in [0.05, 0.1) is 22.5 Å². The number of amides is 1. The van der Waals surface area contributed by atoms with Gasteiger partial charge in [0.15, 0.2) is 0 Å². The number of halogens is 3. The van der Waals surface area contributed by atoms with Crippen LogP contribution < -0.4 is 5.32 Å². The molecule has 25 heavy (non-hydrogen) atoms. The Morgan fingerprint density at radius 1 is 1.16 bits per heavy atom. The number of nitrogens with zero attached hydrogens (tertiary/aromatic N) is 1. The molecule has 0 aliphatic carbocycles. The number of hydrogen-bond acceptors (Lipinski definition) is 2. The van der Waals surface area contributed by atoms with Crippen LogP contribution in [-0.4, -0.2) is 37.0 Å². The van der Waals surface area contributed by atoms with Crippen LogP contribution in [-0.2, 0) is 11.2 Å². The standard InChI is InChI=1S/C19H19Cl2FN2O/c1-24(19(25)8-12-2-5-14(22)6-3-12)18-11-23-10-15(18)13-4-7-16(20)17(21)9-13/h2-7,9,15,18,23H,8,10-11H2,1H3/t15-,18?/m1/s1. The van der Waals surface area contributed by atoms with Crippen molar-refractivity contribution in [1.82, 2.24) is 10.2 Å². The molecule has 132 valence electrons. The maximum atomic E-state index is 13.0. The molecule has 2 aromatic rings. The fourth-order valence-electron chi connectivity index (χ4n) is 3.24. The maximum absolute atomic E-state index is 13.0. The van der Waals surface area contributed by atoms with Gasteiger partial charge in [-0.05, 0) is 35.4 Å². The number of carbonyl (C=O) groups excluding carboxylic acids is 1. The second-order valence-electron chi connectivity index (χ2n) is 6.31. The van der Waals surface area contributed by atoms with Crippen molar-refractivity contribution in [3.8, 4) is 0 Å². The van der Waals surface area contributed by atoms with E-state index in [1.165, 1.54) is 12.1 Å². The average molecular weight is 381 g/mol. The van der Waals surface area contributed by atoms with E-state index >= 15 is 0 Å². The number of rotatable bonds is 4. The zero-order chi connectivity index (χ0) is 18.0. The van der Waals surface area contributed by atoms with Gasteiger partial charge in [-0.1, -0.05) is 41.4 Å². The molecule has 2 aromatic carbocycles. The third-order valence-corrected chi connectivity index (χ3v) is 5.45. The first-order chi connectivity index (χ1) is 12.0. The van der Waals surface area contributed by atoms with E-state index in [-0.39, 0.29) is 30.1 Å². The summed E-state index contributed by atoms with van der Waals surface area (Å²) in [5, 5.41) is 4.38. The van der Waals surface area contributed by atoms with E-state index in [4.69, 9.17) is 23.2 Å². The second-order valence-corrected chi connectivity index (χ2v) is 7.13. The van der Waals surface area contributed by atoms with Crippen molar-refractivity contribution in [1.29, 1.82) is 0 Å². The number of carbonyl (C=O) groups is 1. The van der Waals surface area contributed by atoms with E-state index < -0.39 is 0 Å². The van der Waals surface area contributed by atoms with Crippen LogP contribution in [0, 0.1) is 5.82 Å². The third-order valence-electron chi connectivity index (χ3n) is 4.71. The summed E-state index contributed by atoms with van der Waals surface area (Å²) in [4.78, 5) is 14.4. The van der Waals surface area contributed by atoms with Crippen LogP contribution >= 0.6 is 23.2 Å². The Balaban J connectivity index is 1.73. The highest BCUT2D eigenvalue weighted by molar-refractivity contribution is 6.42. The molecule has 1 unspecified atom stereocenters. The summed E-state index contributed by atoms with van der Waals surface area (Å²) >= 11 is 12.1. The smallest absolute Gasteiger partial charge is 0.227 e. The second kappa shape index (κ2) is 7.73. The van der Waals surface area contributed by atoms with Gasteiger partial charge in [0, 0.05) is 26.1 Å². The van der Waals surface area contributed by atoms with E-state index in [2.05, 4.69) is 5.32 Å². The molecule has 0 radical (unpaired) electrons. The Hall–Kier alpha value is -1.62. The van der Waals surface area contributed by atoms with Crippen LogP contribution in [0.3, 0.4) is 0 Å². The van der Waals surface area contributed by atoms with Gasteiger partial charge in [-0.2, -0.15) is 0 Å². The van der Waals surface area contributed by atoms with Crippen molar-refractivity contribution in [2.24, 2.45) is 0 Å². The number of likely N-dealkylation sites (N-methyl/N-ethyl adjacent to an activating group) is 1. The van der Waals surface area contributed by atoms with E-state index in [0.717, 1.165) is 24.2 Å². The van der Waals surface area contributed by atoms with Gasteiger partial charge in [-0.15, -0.1) is 0 Å². The van der Waals surface area contributed by atoms with Gasteiger partial charge in [0.1, 0.15) is 5.82 Å². The fraction of sp³-hybridized carbons (Fsp3) is 0.316. The maximum Gasteiger partial charge on any atom is 0.227 e. The molecule has 0 saturated carbocycles. The van der Waals surface area contributed by atoms with Gasteiger partial charge in [0.2, 0.25) is 5.91 Å². The van der Waals surface area contributed by atoms with Gasteiger partial charge < -0.3 is 10.2 Å². The lowest BCUT2D eigenvalue weighted by molar-refractivity contribution is -0.131. The lowest BCUT2D eigenvalue weighted by Gasteiger charge is -2.29. The number of nitrogens with one attached hydrogen (secondary N) is 1. The Bertz CT molecular complexity index is 767. The Labute approximate surface area is 156 Å². The van der Waals surface area contributed by atoms with Crippen LogP contribution in [0.4, 0.5) is 4.39 Å². The third kappa shape index (κ3) is 4.14. The Kier molecular flexibility index (Phi) is 5.62. The van der Waals surface area contributed by atoms with Crippen LogP contribution in [0.15, 0.2) is 42.5 Å². The molecule has 1 aliphatic heterocycles. The van der Waals surface area contributed by atoms with Gasteiger partial charge in [-0.25, -0.2) is 4.39 Å². The Morgan fingerprint density at radius 3 is 2.56 bits per heavy atom. The first kappa shape index (κ1) is 18.2. The first-order valence-electron chi connectivity index (χ1n) is 8.11. The predicted octanol–water partition coefficient (Wildman–Crippen LogP) is 3.89. The van der Waals surface area contributed by atoms with Crippen molar-refractivity contribution < 1.29 is 9.18 Å². The van der Waals surface area contributed by atoms with Crippen LogP contribution in [0.25, 0.3) is 0 Å². The lowest BCUT2D eigenvalue weighted by Crippen LogP contribution is -2.42. The SMILES string of the molecule is CN(C(=O)Cc1ccc(F)cc1)C1CNC[C@@H]1c1ccc(Cl)c(Cl)c1. The molecule has 1 saturated heterocycles. The quantitative estimate of drug-likeness (QED) is 0.872. The van der Waals surface area contributed by atoms with E-state index in [9.17, 15) is 9.18 Å². The molecule has 1 fully saturated rings. The summed E-state index contributed by atoms with van der Waals surface area (Å²) in [7, 11) is 1.81. The summed E-state index contributed by atoms with van der Waals surface area (Å²) < 4.78 is 13.0. The summed E-state index contributed by atoms with van der Waals surface area (Å²) in [6.07, 6.45) is 0.251. The minimum atomic E-state index is -0.302. The summed E-state index contributed by atoms with van der Waals surface area (Å²) in [5.41, 5.74) is 1.86. The van der Waals surface area contributed by atoms with Crippen LogP contribution in [0.1, 0.15) is 17.0 Å². The topological polar surface area (TPSA) is 32.3 Å². The van der Waals surface area contributed by atoms with Crippen LogP contribution in [0.5, 0.6) is 0 Å². The van der Waals surface area contributed by atoms with Gasteiger partial charge in [0.25, 0.3) is 0 Å². The summed E-state index contributed by atoms with van der Waals surface area (Å²) in [6, 6.07) is 11.7. The zero-order valence-corrected chi connectivity index (χ0v) is 15.3. The summed E-state index contributed by atoms with van der Waals surface area (Å²) in [5.74, 6) is -0.147. The molecule has 1 N–H and O–H groups in total. The summed E-state index contributed by atoms with van der Waals surface area (Å²) in [6.45, 7) is 1.49. The highest BCUT2D eigenvalue weighted by Gasteiger charge is 2.33. The lowest BCUT2D eigenvalue weighted by atomic mass is 9.93. The molecule has 1 aliphatic rings. The fourth-order valence-corrected chi connectivity index (χ4v) is 3.55. The van der Waals surface area contributed by atoms with Crippen molar-refractivity contribution in [3.63, 3.8) is 0 Å². The highest BCUT2D eigenvalue weighted by Crippen LogP contribution is 2.31. The molecule has 1 heterocycles. The number of benzene rings is 2. The Morgan fingerprint density at radius 2 is 1.88 bits per heavy atom. The van der Waals surface area contributed by atoms with Crippen LogP contribution in [0.2, 0.25) is 10.0 Å². The molecule has 3 rings (SSSR count). The number of hydrogen-bond donors (Lipinski definition) is 1. The molecular weight excluding hydrogens is 362 g/mol. The van der Waals surface area contributed by atoms with Gasteiger partial charge in [-0.3, -0.25) is 4.79 Å². The molecule has 6 heteroatoms. The van der Waals surface area contributed by atoms with Crippen molar-refractivity contribution in [3.05, 3.63) is 69.5 Å². The molecule has 0 aromatic heterocycles. The first-order valence-corrected chi connectivity index (χ1v) is 8.87. The minimum absolute atomic E-state index is 0.00497. The monoisotopic (exact) mass is 380 g/mol. The molecule has 2 atom stereocenters. The van der Waals surface area contributed by atoms with E-state index in [1.807, 2.05) is 19.2 Å². The average Bonchev–Trinajstić information content (AvgIpc) is 3.08. The zero-order valence-electron chi connectivity index (χ0n) is 13.8. The van der Waals surface area contributed by atoms with E-state index in [0.29, 0.717) is 10.0 Å². The highest BCUT2D eigenvalue weighted by atomic mass is 35.5. The molecule has 3 nitrogen and oxygen atoms in total. The van der Waals surface area contributed by atoms with E-state index in [1.54, 1.807) is 23.1 Å². The largest absolute Gasteiger partial charge is 0.341 e. The normalized spacial score (nSPS) is 19.8. The van der Waals surface area contributed by atoms with Gasteiger partial charge >= 0.3 is 0 Å². The van der Waals surface area contributed by atoms with Crippen molar-refractivity contribution in [2.45, 2.75) is 18.4 Å². The molecule has 0 bridgehead atoms. The molecular formula is C19H19Cl2FN2O. The molecule has 0 spiro atoms. The minimum Gasteiger partial charge on any atom is -0.341 e. The van der Waals surface area contributed by atoms with Crippen molar-refractivity contribution in [2.75, 3.05) is 20.1 Å².